The molecule has 27 heavy (non-hydrogen) atoms. The highest BCUT2D eigenvalue weighted by atomic mass is 35.5. The fourth-order valence-electron chi connectivity index (χ4n) is 2.86. The van der Waals surface area contributed by atoms with Crippen molar-refractivity contribution in [3.8, 4) is 0 Å². The molecule has 1 amide bonds. The third-order valence-electron chi connectivity index (χ3n) is 4.47. The van der Waals surface area contributed by atoms with Crippen molar-refractivity contribution in [3.05, 3.63) is 58.9 Å². The van der Waals surface area contributed by atoms with Gasteiger partial charge in [0.05, 0.1) is 15.3 Å². The van der Waals surface area contributed by atoms with Crippen molar-refractivity contribution in [1.82, 2.24) is 9.88 Å². The Morgan fingerprint density at radius 2 is 1.85 bits per heavy atom. The summed E-state index contributed by atoms with van der Waals surface area (Å²) in [5, 5.41) is 0.870. The molecular formula is C20H21ClFN3OS. The van der Waals surface area contributed by atoms with Crippen molar-refractivity contribution in [1.29, 1.82) is 0 Å². The van der Waals surface area contributed by atoms with Crippen LogP contribution in [0.3, 0.4) is 0 Å². The molecule has 3 aromatic rings. The molecule has 0 atom stereocenters. The van der Waals surface area contributed by atoms with E-state index in [0.717, 1.165) is 13.1 Å². The number of aromatic nitrogens is 1. The van der Waals surface area contributed by atoms with Crippen LogP contribution in [0.4, 0.5) is 9.52 Å². The summed E-state index contributed by atoms with van der Waals surface area (Å²) < 4.78 is 14.8. The van der Waals surface area contributed by atoms with Gasteiger partial charge in [-0.15, -0.1) is 0 Å². The number of nitrogens with zero attached hydrogens (tertiary/aromatic N) is 3. The number of anilines is 1. The number of likely N-dealkylation sites (N-methyl/N-ethyl adjacent to an activating group) is 1. The molecule has 0 saturated carbocycles. The van der Waals surface area contributed by atoms with Gasteiger partial charge in [-0.1, -0.05) is 55.0 Å². The lowest BCUT2D eigenvalue weighted by Crippen LogP contribution is -2.39. The fraction of sp³-hybridized carbons (Fsp3) is 0.300. The van der Waals surface area contributed by atoms with Gasteiger partial charge in [-0.05, 0) is 37.4 Å². The fourth-order valence-corrected chi connectivity index (χ4v) is 4.09. The SMILES string of the molecule is CCN(CC)CCN(C(=O)c1ccccc1Cl)c1nc2c(F)cccc2s1. The standard InChI is InChI=1S/C20H21ClFN3OS/c1-3-24(4-2)12-13-25(19(26)14-8-5-6-9-15(14)21)20-23-18-16(22)10-7-11-17(18)27-20/h5-11H,3-4,12-13H2,1-2H3. The van der Waals surface area contributed by atoms with E-state index in [0.29, 0.717) is 33.5 Å². The number of halogens is 2. The molecule has 0 fully saturated rings. The molecule has 3 rings (SSSR count). The molecule has 4 nitrogen and oxygen atoms in total. The Balaban J connectivity index is 1.99. The number of para-hydroxylation sites is 1. The van der Waals surface area contributed by atoms with E-state index in [2.05, 4.69) is 23.7 Å². The maximum Gasteiger partial charge on any atom is 0.261 e. The third kappa shape index (κ3) is 4.29. The Morgan fingerprint density at radius 3 is 2.52 bits per heavy atom. The Labute approximate surface area is 167 Å². The predicted molar refractivity (Wildman–Crippen MR) is 110 cm³/mol. The number of benzene rings is 2. The second-order valence-corrected chi connectivity index (χ2v) is 7.46. The first-order valence-electron chi connectivity index (χ1n) is 8.89. The van der Waals surface area contributed by atoms with Crippen LogP contribution in [0.1, 0.15) is 24.2 Å². The molecule has 0 N–H and O–H groups in total. The first kappa shape index (κ1) is 19.7. The number of hydrogen-bond acceptors (Lipinski definition) is 4. The zero-order valence-corrected chi connectivity index (χ0v) is 16.9. The summed E-state index contributed by atoms with van der Waals surface area (Å²) in [6.07, 6.45) is 0. The topological polar surface area (TPSA) is 36.4 Å². The lowest BCUT2D eigenvalue weighted by molar-refractivity contribution is 0.0984. The number of thiazole rings is 1. The average Bonchev–Trinajstić information content (AvgIpc) is 3.10. The molecule has 0 spiro atoms. The van der Waals surface area contributed by atoms with Gasteiger partial charge in [0, 0.05) is 13.1 Å². The van der Waals surface area contributed by atoms with Gasteiger partial charge in [0.15, 0.2) is 5.13 Å². The van der Waals surface area contributed by atoms with Crippen LogP contribution in [-0.2, 0) is 0 Å². The number of carbonyl (C=O) groups is 1. The summed E-state index contributed by atoms with van der Waals surface area (Å²) in [5.74, 6) is -0.615. The van der Waals surface area contributed by atoms with Crippen molar-refractivity contribution in [2.45, 2.75) is 13.8 Å². The first-order valence-corrected chi connectivity index (χ1v) is 10.1. The first-order chi connectivity index (χ1) is 13.0. The quantitative estimate of drug-likeness (QED) is 0.550. The molecule has 0 aliphatic heterocycles. The Morgan fingerprint density at radius 1 is 1.11 bits per heavy atom. The summed E-state index contributed by atoms with van der Waals surface area (Å²) >= 11 is 7.54. The van der Waals surface area contributed by atoms with Crippen LogP contribution < -0.4 is 4.90 Å². The number of hydrogen-bond donors (Lipinski definition) is 0. The molecule has 0 saturated heterocycles. The van der Waals surface area contributed by atoms with E-state index in [-0.39, 0.29) is 17.2 Å². The van der Waals surface area contributed by atoms with E-state index in [9.17, 15) is 9.18 Å². The average molecular weight is 406 g/mol. The van der Waals surface area contributed by atoms with Gasteiger partial charge in [-0.25, -0.2) is 9.37 Å². The summed E-state index contributed by atoms with van der Waals surface area (Å²) in [6, 6.07) is 11.8. The molecule has 2 aromatic carbocycles. The van der Waals surface area contributed by atoms with Gasteiger partial charge in [-0.2, -0.15) is 0 Å². The molecule has 142 valence electrons. The van der Waals surface area contributed by atoms with Gasteiger partial charge in [0.1, 0.15) is 11.3 Å². The van der Waals surface area contributed by atoms with Crippen LogP contribution in [0.5, 0.6) is 0 Å². The molecule has 7 heteroatoms. The normalized spacial score (nSPS) is 11.3. The summed E-state index contributed by atoms with van der Waals surface area (Å²) in [7, 11) is 0. The van der Waals surface area contributed by atoms with Gasteiger partial charge in [0.25, 0.3) is 5.91 Å². The Hall–Kier alpha value is -2.02. The minimum atomic E-state index is -0.385. The van der Waals surface area contributed by atoms with Crippen molar-refractivity contribution in [2.75, 3.05) is 31.1 Å². The minimum absolute atomic E-state index is 0.229. The minimum Gasteiger partial charge on any atom is -0.302 e. The Kier molecular flexibility index (Phi) is 6.42. The van der Waals surface area contributed by atoms with Gasteiger partial charge in [-0.3, -0.25) is 9.69 Å². The molecule has 0 aliphatic carbocycles. The van der Waals surface area contributed by atoms with Crippen molar-refractivity contribution in [3.63, 3.8) is 0 Å². The van der Waals surface area contributed by atoms with Crippen LogP contribution in [-0.4, -0.2) is 42.0 Å². The largest absolute Gasteiger partial charge is 0.302 e. The molecular weight excluding hydrogens is 385 g/mol. The monoisotopic (exact) mass is 405 g/mol. The van der Waals surface area contributed by atoms with Gasteiger partial charge in [0.2, 0.25) is 0 Å². The van der Waals surface area contributed by atoms with E-state index in [1.165, 1.54) is 17.4 Å². The number of rotatable bonds is 7. The van der Waals surface area contributed by atoms with Crippen molar-refractivity contribution in [2.24, 2.45) is 0 Å². The smallest absolute Gasteiger partial charge is 0.261 e. The van der Waals surface area contributed by atoms with E-state index in [4.69, 9.17) is 11.6 Å². The molecule has 0 aliphatic rings. The lowest BCUT2D eigenvalue weighted by atomic mass is 10.2. The van der Waals surface area contributed by atoms with Crippen LogP contribution in [0.2, 0.25) is 5.02 Å². The summed E-state index contributed by atoms with van der Waals surface area (Å²) in [6.45, 7) is 7.08. The highest BCUT2D eigenvalue weighted by molar-refractivity contribution is 7.22. The van der Waals surface area contributed by atoms with Gasteiger partial charge < -0.3 is 4.90 Å². The second kappa shape index (κ2) is 8.78. The third-order valence-corrected chi connectivity index (χ3v) is 5.85. The maximum atomic E-state index is 14.1. The van der Waals surface area contributed by atoms with Crippen LogP contribution >= 0.6 is 22.9 Å². The summed E-state index contributed by atoms with van der Waals surface area (Å²) in [5.41, 5.74) is 0.704. The van der Waals surface area contributed by atoms with E-state index >= 15 is 0 Å². The zero-order valence-electron chi connectivity index (χ0n) is 15.3. The molecule has 1 aromatic heterocycles. The highest BCUT2D eigenvalue weighted by Crippen LogP contribution is 2.31. The lowest BCUT2D eigenvalue weighted by Gasteiger charge is -2.25. The number of carbonyl (C=O) groups excluding carboxylic acids is 1. The van der Waals surface area contributed by atoms with E-state index < -0.39 is 0 Å². The van der Waals surface area contributed by atoms with E-state index in [1.54, 1.807) is 35.2 Å². The number of amides is 1. The predicted octanol–water partition coefficient (Wildman–Crippen LogP) is 5.08. The number of fused-ring (bicyclic) bond motifs is 1. The Bertz CT molecular complexity index is 942. The second-order valence-electron chi connectivity index (χ2n) is 6.05. The van der Waals surface area contributed by atoms with Crippen molar-refractivity contribution >= 4 is 44.2 Å². The van der Waals surface area contributed by atoms with E-state index in [1.807, 2.05) is 6.07 Å². The van der Waals surface area contributed by atoms with Crippen LogP contribution in [0, 0.1) is 5.82 Å². The zero-order chi connectivity index (χ0) is 19.4. The summed E-state index contributed by atoms with van der Waals surface area (Å²) in [4.78, 5) is 21.4. The van der Waals surface area contributed by atoms with Gasteiger partial charge >= 0.3 is 0 Å². The van der Waals surface area contributed by atoms with Crippen LogP contribution in [0.25, 0.3) is 10.2 Å². The molecule has 0 radical (unpaired) electrons. The van der Waals surface area contributed by atoms with Crippen molar-refractivity contribution < 1.29 is 9.18 Å². The maximum absolute atomic E-state index is 14.1. The molecule has 0 bridgehead atoms. The highest BCUT2D eigenvalue weighted by Gasteiger charge is 2.24. The molecule has 1 heterocycles. The van der Waals surface area contributed by atoms with Crippen LogP contribution in [0.15, 0.2) is 42.5 Å². The molecule has 0 unspecified atom stereocenters.